The summed E-state index contributed by atoms with van der Waals surface area (Å²) in [6, 6.07) is 0. The number of carbonyl (C=O) groups excluding carboxylic acids is 2. The third kappa shape index (κ3) is 4.73. The minimum absolute atomic E-state index is 0.285. The summed E-state index contributed by atoms with van der Waals surface area (Å²) in [6.07, 6.45) is 1.49. The standard InChI is InChI=1S/C7H11ClN2O2/c1-2-4-9-6(11)7(12)10-5-3-8/h2H,1,3-5H2,(H,9,11)(H,10,12). The first kappa shape index (κ1) is 11.0. The summed E-state index contributed by atoms with van der Waals surface area (Å²) in [5.41, 5.74) is 0. The van der Waals surface area contributed by atoms with Crippen LogP contribution in [0.4, 0.5) is 0 Å². The highest BCUT2D eigenvalue weighted by Crippen LogP contribution is 1.72. The average molecular weight is 191 g/mol. The second-order valence-electron chi connectivity index (χ2n) is 1.94. The van der Waals surface area contributed by atoms with Gasteiger partial charge in [-0.1, -0.05) is 6.08 Å². The molecule has 0 fully saturated rings. The van der Waals surface area contributed by atoms with Gasteiger partial charge in [0.1, 0.15) is 0 Å². The van der Waals surface area contributed by atoms with E-state index in [-0.39, 0.29) is 6.54 Å². The van der Waals surface area contributed by atoms with Gasteiger partial charge in [-0.05, 0) is 0 Å². The molecule has 0 unspecified atom stereocenters. The van der Waals surface area contributed by atoms with Gasteiger partial charge in [0.25, 0.3) is 0 Å². The number of halogens is 1. The highest BCUT2D eigenvalue weighted by Gasteiger charge is 2.09. The van der Waals surface area contributed by atoms with Gasteiger partial charge in [-0.3, -0.25) is 9.59 Å². The van der Waals surface area contributed by atoms with Crippen LogP contribution < -0.4 is 10.6 Å². The van der Waals surface area contributed by atoms with Crippen LogP contribution in [-0.4, -0.2) is 30.8 Å². The molecular weight excluding hydrogens is 180 g/mol. The molecule has 0 aliphatic heterocycles. The van der Waals surface area contributed by atoms with Crippen molar-refractivity contribution in [1.29, 1.82) is 0 Å². The van der Waals surface area contributed by atoms with Gasteiger partial charge in [-0.15, -0.1) is 18.2 Å². The van der Waals surface area contributed by atoms with Crippen LogP contribution in [0.3, 0.4) is 0 Å². The highest BCUT2D eigenvalue weighted by molar-refractivity contribution is 6.35. The molecule has 0 saturated heterocycles. The summed E-state index contributed by atoms with van der Waals surface area (Å²) in [4.78, 5) is 21.6. The van der Waals surface area contributed by atoms with Crippen LogP contribution in [0.2, 0.25) is 0 Å². The van der Waals surface area contributed by atoms with Gasteiger partial charge in [-0.2, -0.15) is 0 Å². The Balaban J connectivity index is 3.61. The zero-order chi connectivity index (χ0) is 9.40. The Morgan fingerprint density at radius 2 is 1.92 bits per heavy atom. The molecule has 2 N–H and O–H groups in total. The van der Waals surface area contributed by atoms with E-state index in [1.54, 1.807) is 0 Å². The molecule has 12 heavy (non-hydrogen) atoms. The third-order valence-electron chi connectivity index (χ3n) is 0.993. The number of amides is 2. The van der Waals surface area contributed by atoms with Crippen molar-refractivity contribution in [3.8, 4) is 0 Å². The Hall–Kier alpha value is -1.03. The van der Waals surface area contributed by atoms with Crippen molar-refractivity contribution in [1.82, 2.24) is 10.6 Å². The fraction of sp³-hybridized carbons (Fsp3) is 0.429. The van der Waals surface area contributed by atoms with Crippen molar-refractivity contribution in [2.45, 2.75) is 0 Å². The molecular formula is C7H11ClN2O2. The van der Waals surface area contributed by atoms with Crippen LogP contribution in [0.15, 0.2) is 12.7 Å². The number of nitrogens with one attached hydrogen (secondary N) is 2. The maximum Gasteiger partial charge on any atom is 0.309 e. The summed E-state index contributed by atoms with van der Waals surface area (Å²) in [7, 11) is 0. The lowest BCUT2D eigenvalue weighted by atomic mass is 10.5. The van der Waals surface area contributed by atoms with E-state index < -0.39 is 11.8 Å². The number of hydrogen-bond acceptors (Lipinski definition) is 2. The van der Waals surface area contributed by atoms with Crippen LogP contribution in [0.25, 0.3) is 0 Å². The molecule has 0 aromatic rings. The van der Waals surface area contributed by atoms with E-state index in [0.29, 0.717) is 12.4 Å². The Kier molecular flexibility index (Phi) is 6.09. The Bertz CT molecular complexity index is 182. The quantitative estimate of drug-likeness (QED) is 0.362. The summed E-state index contributed by atoms with van der Waals surface area (Å²) < 4.78 is 0. The molecule has 2 amide bonds. The van der Waals surface area contributed by atoms with E-state index in [2.05, 4.69) is 17.2 Å². The van der Waals surface area contributed by atoms with Gasteiger partial charge in [0, 0.05) is 19.0 Å². The van der Waals surface area contributed by atoms with Crippen LogP contribution >= 0.6 is 11.6 Å². The van der Waals surface area contributed by atoms with E-state index in [0.717, 1.165) is 0 Å². The third-order valence-corrected chi connectivity index (χ3v) is 1.18. The second kappa shape index (κ2) is 6.67. The highest BCUT2D eigenvalue weighted by atomic mass is 35.5. The van der Waals surface area contributed by atoms with Crippen molar-refractivity contribution in [2.24, 2.45) is 0 Å². The summed E-state index contributed by atoms with van der Waals surface area (Å²) in [6.45, 7) is 3.96. The Morgan fingerprint density at radius 1 is 1.33 bits per heavy atom. The van der Waals surface area contributed by atoms with Crippen molar-refractivity contribution in [3.05, 3.63) is 12.7 Å². The van der Waals surface area contributed by atoms with Crippen molar-refractivity contribution in [2.75, 3.05) is 19.0 Å². The van der Waals surface area contributed by atoms with E-state index in [1.165, 1.54) is 6.08 Å². The lowest BCUT2D eigenvalue weighted by Crippen LogP contribution is -2.40. The lowest BCUT2D eigenvalue weighted by molar-refractivity contribution is -0.139. The normalized spacial score (nSPS) is 8.75. The molecule has 68 valence electrons. The Labute approximate surface area is 76.0 Å². The topological polar surface area (TPSA) is 58.2 Å². The van der Waals surface area contributed by atoms with Gasteiger partial charge in [0.2, 0.25) is 0 Å². The monoisotopic (exact) mass is 190 g/mol. The van der Waals surface area contributed by atoms with Gasteiger partial charge in [0.05, 0.1) is 0 Å². The first-order valence-corrected chi connectivity index (χ1v) is 3.98. The molecule has 0 saturated carbocycles. The molecule has 5 heteroatoms. The predicted octanol–water partition coefficient (Wildman–Crippen LogP) is -0.356. The zero-order valence-electron chi connectivity index (χ0n) is 6.60. The van der Waals surface area contributed by atoms with Gasteiger partial charge in [-0.25, -0.2) is 0 Å². The fourth-order valence-electron chi connectivity index (χ4n) is 0.486. The number of rotatable bonds is 4. The van der Waals surface area contributed by atoms with E-state index in [1.807, 2.05) is 0 Å². The summed E-state index contributed by atoms with van der Waals surface area (Å²) in [5.74, 6) is -1.04. The van der Waals surface area contributed by atoms with Crippen molar-refractivity contribution < 1.29 is 9.59 Å². The van der Waals surface area contributed by atoms with Crippen LogP contribution in [0.5, 0.6) is 0 Å². The molecule has 0 atom stereocenters. The SMILES string of the molecule is C=CCNC(=O)C(=O)NCCCl. The number of carbonyl (C=O) groups is 2. The van der Waals surface area contributed by atoms with Crippen LogP contribution in [0.1, 0.15) is 0 Å². The Morgan fingerprint density at radius 3 is 2.42 bits per heavy atom. The van der Waals surface area contributed by atoms with Gasteiger partial charge >= 0.3 is 11.8 Å². The van der Waals surface area contributed by atoms with Crippen molar-refractivity contribution in [3.63, 3.8) is 0 Å². The second-order valence-corrected chi connectivity index (χ2v) is 2.32. The maximum absolute atomic E-state index is 10.8. The zero-order valence-corrected chi connectivity index (χ0v) is 7.36. The molecule has 4 nitrogen and oxygen atoms in total. The number of hydrogen-bond donors (Lipinski definition) is 2. The first-order chi connectivity index (χ1) is 5.72. The number of alkyl halides is 1. The summed E-state index contributed by atoms with van der Waals surface area (Å²) >= 11 is 5.29. The van der Waals surface area contributed by atoms with E-state index in [9.17, 15) is 9.59 Å². The predicted molar refractivity (Wildman–Crippen MR) is 46.9 cm³/mol. The smallest absolute Gasteiger partial charge is 0.309 e. The molecule has 0 heterocycles. The molecule has 0 radical (unpaired) electrons. The molecule has 0 rings (SSSR count). The van der Waals surface area contributed by atoms with Crippen LogP contribution in [0, 0.1) is 0 Å². The van der Waals surface area contributed by atoms with Crippen molar-refractivity contribution >= 4 is 23.4 Å². The molecule has 0 aromatic heterocycles. The summed E-state index contributed by atoms with van der Waals surface area (Å²) in [5, 5.41) is 4.65. The molecule has 0 bridgehead atoms. The van der Waals surface area contributed by atoms with Gasteiger partial charge < -0.3 is 10.6 Å². The first-order valence-electron chi connectivity index (χ1n) is 3.45. The van der Waals surface area contributed by atoms with Crippen LogP contribution in [-0.2, 0) is 9.59 Å². The minimum Gasteiger partial charge on any atom is -0.347 e. The molecule has 0 aliphatic rings. The molecule has 0 spiro atoms. The molecule has 0 aromatic carbocycles. The van der Waals surface area contributed by atoms with E-state index in [4.69, 9.17) is 11.6 Å². The van der Waals surface area contributed by atoms with Gasteiger partial charge in [0.15, 0.2) is 0 Å². The average Bonchev–Trinajstić information content (AvgIpc) is 2.10. The lowest BCUT2D eigenvalue weighted by Gasteiger charge is -2.01. The van der Waals surface area contributed by atoms with E-state index >= 15 is 0 Å². The fourth-order valence-corrected chi connectivity index (χ4v) is 0.581. The minimum atomic E-state index is -0.669. The largest absolute Gasteiger partial charge is 0.347 e. The maximum atomic E-state index is 10.8. The molecule has 0 aliphatic carbocycles.